The molecule has 1 aliphatic heterocycles. The van der Waals surface area contributed by atoms with Gasteiger partial charge in [0.1, 0.15) is 6.04 Å². The van der Waals surface area contributed by atoms with Crippen LogP contribution in [0.4, 0.5) is 0 Å². The third-order valence-electron chi connectivity index (χ3n) is 4.28. The smallest absolute Gasteiger partial charge is 0.328 e. The predicted molar refractivity (Wildman–Crippen MR) is 87.6 cm³/mol. The van der Waals surface area contributed by atoms with Crippen LogP contribution < -0.4 is 0 Å². The lowest BCUT2D eigenvalue weighted by atomic mass is 10.1. The lowest BCUT2D eigenvalue weighted by molar-refractivity contribution is -0.151. The summed E-state index contributed by atoms with van der Waals surface area (Å²) in [5.74, 6) is -0.557. The van der Waals surface area contributed by atoms with Crippen LogP contribution in [-0.4, -0.2) is 55.5 Å². The van der Waals surface area contributed by atoms with Gasteiger partial charge in [-0.3, -0.25) is 9.59 Å². The van der Waals surface area contributed by atoms with E-state index in [0.29, 0.717) is 31.4 Å². The van der Waals surface area contributed by atoms with Gasteiger partial charge in [0.2, 0.25) is 5.91 Å². The number of carbonyl (C=O) groups is 3. The Bertz CT molecular complexity index is 586. The molecule has 24 heavy (non-hydrogen) atoms. The highest BCUT2D eigenvalue weighted by Crippen LogP contribution is 2.22. The molecule has 0 bridgehead atoms. The summed E-state index contributed by atoms with van der Waals surface area (Å²) in [6.07, 6.45) is 1.26. The number of likely N-dealkylation sites (tertiary alicyclic amines) is 1. The largest absolute Gasteiger partial charge is 0.467 e. The molecule has 1 amide bonds. The molecular weight excluding hydrogens is 310 g/mol. The van der Waals surface area contributed by atoms with E-state index in [1.165, 1.54) is 12.0 Å². The van der Waals surface area contributed by atoms with Crippen LogP contribution in [0.15, 0.2) is 30.3 Å². The van der Waals surface area contributed by atoms with Gasteiger partial charge < -0.3 is 14.4 Å². The van der Waals surface area contributed by atoms with Gasteiger partial charge in [0, 0.05) is 38.5 Å². The van der Waals surface area contributed by atoms with Crippen molar-refractivity contribution in [2.24, 2.45) is 0 Å². The summed E-state index contributed by atoms with van der Waals surface area (Å²) in [7, 11) is 2.87. The van der Waals surface area contributed by atoms with E-state index in [1.54, 1.807) is 19.2 Å². The summed E-state index contributed by atoms with van der Waals surface area (Å²) in [5.41, 5.74) is 0.651. The number of hydrogen-bond donors (Lipinski definition) is 0. The molecular formula is C18H23NO5. The lowest BCUT2D eigenvalue weighted by Crippen LogP contribution is -2.41. The fraction of sp³-hybridized carbons (Fsp3) is 0.500. The van der Waals surface area contributed by atoms with Crippen molar-refractivity contribution in [3.63, 3.8) is 0 Å². The Morgan fingerprint density at radius 1 is 1.12 bits per heavy atom. The number of methoxy groups -OCH3 is 2. The first-order valence-corrected chi connectivity index (χ1v) is 8.05. The number of Topliss-reactive ketones (excluding diaryl/α,β-unsaturated/α-hetero) is 1. The van der Waals surface area contributed by atoms with E-state index in [-0.39, 0.29) is 24.2 Å². The third kappa shape index (κ3) is 4.41. The molecule has 0 spiro atoms. The molecule has 0 aliphatic carbocycles. The molecule has 130 valence electrons. The molecule has 2 rings (SSSR count). The van der Waals surface area contributed by atoms with Gasteiger partial charge in [0.25, 0.3) is 0 Å². The molecule has 6 heteroatoms. The molecule has 1 aromatic rings. The number of rotatable bonds is 7. The standard InChI is InChI=1S/C18H23NO5/c1-23-14-11-15(18(22)24-2)19(12-14)17(21)10-6-9-16(20)13-7-4-3-5-8-13/h3-5,7-8,14-15H,6,9-12H2,1-2H3/t14-,15+/m1/s1. The number of hydrogen-bond acceptors (Lipinski definition) is 5. The van der Waals surface area contributed by atoms with Crippen LogP contribution in [0.1, 0.15) is 36.0 Å². The number of esters is 1. The van der Waals surface area contributed by atoms with Gasteiger partial charge in [0.05, 0.1) is 13.2 Å². The van der Waals surface area contributed by atoms with Crippen molar-refractivity contribution in [3.8, 4) is 0 Å². The first-order chi connectivity index (χ1) is 11.6. The van der Waals surface area contributed by atoms with Gasteiger partial charge in [-0.1, -0.05) is 30.3 Å². The highest BCUT2D eigenvalue weighted by molar-refractivity contribution is 5.96. The second kappa shape index (κ2) is 8.59. The van der Waals surface area contributed by atoms with Crippen LogP contribution in [0.3, 0.4) is 0 Å². The van der Waals surface area contributed by atoms with Crippen molar-refractivity contribution in [2.45, 2.75) is 37.8 Å². The minimum Gasteiger partial charge on any atom is -0.467 e. The van der Waals surface area contributed by atoms with Crippen molar-refractivity contribution < 1.29 is 23.9 Å². The molecule has 1 aliphatic rings. The quantitative estimate of drug-likeness (QED) is 0.562. The second-order valence-electron chi connectivity index (χ2n) is 5.82. The Balaban J connectivity index is 1.87. The number of amides is 1. The van der Waals surface area contributed by atoms with Crippen LogP contribution in [0.2, 0.25) is 0 Å². The monoisotopic (exact) mass is 333 g/mol. The number of carbonyl (C=O) groups excluding carboxylic acids is 3. The van der Waals surface area contributed by atoms with Crippen LogP contribution in [0.25, 0.3) is 0 Å². The Morgan fingerprint density at radius 2 is 1.83 bits per heavy atom. The van der Waals surface area contributed by atoms with E-state index in [2.05, 4.69) is 0 Å². The van der Waals surface area contributed by atoms with Gasteiger partial charge in [0.15, 0.2) is 5.78 Å². The molecule has 1 aromatic carbocycles. The van der Waals surface area contributed by atoms with Crippen molar-refractivity contribution in [2.75, 3.05) is 20.8 Å². The normalized spacial score (nSPS) is 20.0. The molecule has 0 aromatic heterocycles. The highest BCUT2D eigenvalue weighted by atomic mass is 16.5. The van der Waals surface area contributed by atoms with Crippen molar-refractivity contribution >= 4 is 17.7 Å². The van der Waals surface area contributed by atoms with Gasteiger partial charge >= 0.3 is 5.97 Å². The number of benzene rings is 1. The zero-order valence-corrected chi connectivity index (χ0v) is 14.1. The SMILES string of the molecule is COC(=O)[C@@H]1C[C@@H](OC)CN1C(=O)CCCC(=O)c1ccccc1. The van der Waals surface area contributed by atoms with E-state index in [1.807, 2.05) is 18.2 Å². The Labute approximate surface area is 141 Å². The van der Waals surface area contributed by atoms with Gasteiger partial charge in [-0.15, -0.1) is 0 Å². The maximum atomic E-state index is 12.4. The van der Waals surface area contributed by atoms with E-state index in [9.17, 15) is 14.4 Å². The van der Waals surface area contributed by atoms with E-state index in [0.717, 1.165) is 0 Å². The van der Waals surface area contributed by atoms with Crippen molar-refractivity contribution in [3.05, 3.63) is 35.9 Å². The average Bonchev–Trinajstić information content (AvgIpc) is 3.06. The molecule has 0 saturated carbocycles. The summed E-state index contributed by atoms with van der Waals surface area (Å²) < 4.78 is 10.0. The average molecular weight is 333 g/mol. The maximum absolute atomic E-state index is 12.4. The maximum Gasteiger partial charge on any atom is 0.328 e. The first-order valence-electron chi connectivity index (χ1n) is 8.05. The molecule has 1 fully saturated rings. The van der Waals surface area contributed by atoms with Gasteiger partial charge in [-0.05, 0) is 6.42 Å². The topological polar surface area (TPSA) is 72.9 Å². The molecule has 2 atom stereocenters. The number of ether oxygens (including phenoxy) is 2. The number of ketones is 1. The van der Waals surface area contributed by atoms with E-state index >= 15 is 0 Å². The second-order valence-corrected chi connectivity index (χ2v) is 5.82. The van der Waals surface area contributed by atoms with Crippen LogP contribution in [-0.2, 0) is 19.1 Å². The van der Waals surface area contributed by atoms with Crippen LogP contribution in [0.5, 0.6) is 0 Å². The number of nitrogens with zero attached hydrogens (tertiary/aromatic N) is 1. The Kier molecular flexibility index (Phi) is 6.49. The van der Waals surface area contributed by atoms with E-state index < -0.39 is 12.0 Å². The molecule has 0 unspecified atom stereocenters. The first kappa shape index (κ1) is 18.1. The predicted octanol–water partition coefficient (Wildman–Crippen LogP) is 1.83. The van der Waals surface area contributed by atoms with Gasteiger partial charge in [-0.2, -0.15) is 0 Å². The Hall–Kier alpha value is -2.21. The van der Waals surface area contributed by atoms with Crippen molar-refractivity contribution in [1.29, 1.82) is 0 Å². The van der Waals surface area contributed by atoms with Gasteiger partial charge in [-0.25, -0.2) is 4.79 Å². The third-order valence-corrected chi connectivity index (χ3v) is 4.28. The minimum absolute atomic E-state index is 0.0177. The van der Waals surface area contributed by atoms with Crippen LogP contribution in [0, 0.1) is 0 Å². The molecule has 1 saturated heterocycles. The zero-order chi connectivity index (χ0) is 17.5. The molecule has 0 radical (unpaired) electrons. The summed E-state index contributed by atoms with van der Waals surface area (Å²) in [6.45, 7) is 0.377. The summed E-state index contributed by atoms with van der Waals surface area (Å²) in [6, 6.07) is 8.41. The fourth-order valence-electron chi connectivity index (χ4n) is 2.92. The summed E-state index contributed by atoms with van der Waals surface area (Å²) in [4.78, 5) is 37.8. The van der Waals surface area contributed by atoms with E-state index in [4.69, 9.17) is 9.47 Å². The Morgan fingerprint density at radius 3 is 2.46 bits per heavy atom. The molecule has 6 nitrogen and oxygen atoms in total. The summed E-state index contributed by atoms with van der Waals surface area (Å²) in [5, 5.41) is 0. The fourth-order valence-corrected chi connectivity index (χ4v) is 2.92. The lowest BCUT2D eigenvalue weighted by Gasteiger charge is -2.22. The molecule has 0 N–H and O–H groups in total. The zero-order valence-electron chi connectivity index (χ0n) is 14.1. The van der Waals surface area contributed by atoms with Crippen LogP contribution >= 0.6 is 0 Å². The molecule has 1 heterocycles. The van der Waals surface area contributed by atoms with Crippen molar-refractivity contribution in [1.82, 2.24) is 4.90 Å². The summed E-state index contributed by atoms with van der Waals surface area (Å²) >= 11 is 0. The highest BCUT2D eigenvalue weighted by Gasteiger charge is 2.40. The minimum atomic E-state index is -0.600.